The molecular weight excluding hydrogens is 255 g/mol. The van der Waals surface area contributed by atoms with Gasteiger partial charge >= 0.3 is 6.18 Å². The molecule has 2 aliphatic heterocycles. The molecule has 0 aromatic heterocycles. The highest BCUT2D eigenvalue weighted by molar-refractivity contribution is 6.04. The number of rotatable bonds is 0. The standard InChI is InChI=1S/C14H14F3NO/c15-14(16,17)9-4-5-11-12(7-9)18-6-2-1-3-10(18)8-13(11)19/h4-5,7,10H,1-3,6,8H2. The van der Waals surface area contributed by atoms with Gasteiger partial charge in [0.15, 0.2) is 5.78 Å². The molecule has 1 saturated heterocycles. The molecule has 0 saturated carbocycles. The van der Waals surface area contributed by atoms with Crippen molar-refractivity contribution in [1.82, 2.24) is 0 Å². The second-order valence-corrected chi connectivity index (χ2v) is 5.20. The van der Waals surface area contributed by atoms with Gasteiger partial charge in [0.2, 0.25) is 0 Å². The Balaban J connectivity index is 2.08. The van der Waals surface area contributed by atoms with Crippen molar-refractivity contribution in [3.05, 3.63) is 29.3 Å². The topological polar surface area (TPSA) is 20.3 Å². The fraction of sp³-hybridized carbons (Fsp3) is 0.500. The van der Waals surface area contributed by atoms with Crippen molar-refractivity contribution in [2.24, 2.45) is 0 Å². The van der Waals surface area contributed by atoms with Crippen LogP contribution in [0, 0.1) is 0 Å². The molecule has 19 heavy (non-hydrogen) atoms. The molecule has 3 rings (SSSR count). The molecule has 0 aliphatic carbocycles. The SMILES string of the molecule is O=C1CC2CCCCN2c2cc(C(F)(F)F)ccc21. The summed E-state index contributed by atoms with van der Waals surface area (Å²) in [4.78, 5) is 14.0. The van der Waals surface area contributed by atoms with E-state index in [4.69, 9.17) is 0 Å². The average molecular weight is 269 g/mol. The molecule has 1 aromatic carbocycles. The van der Waals surface area contributed by atoms with Crippen LogP contribution in [0.4, 0.5) is 18.9 Å². The first-order chi connectivity index (χ1) is 8.97. The van der Waals surface area contributed by atoms with Crippen LogP contribution in [0.15, 0.2) is 18.2 Å². The van der Waals surface area contributed by atoms with Crippen molar-refractivity contribution in [1.29, 1.82) is 0 Å². The van der Waals surface area contributed by atoms with E-state index in [2.05, 4.69) is 0 Å². The summed E-state index contributed by atoms with van der Waals surface area (Å²) in [7, 11) is 0. The number of alkyl halides is 3. The van der Waals surface area contributed by atoms with Gasteiger partial charge in [-0.25, -0.2) is 0 Å². The highest BCUT2D eigenvalue weighted by Gasteiger charge is 2.36. The Bertz CT molecular complexity index is 524. The molecule has 0 N–H and O–H groups in total. The molecule has 5 heteroatoms. The lowest BCUT2D eigenvalue weighted by atomic mass is 9.88. The monoisotopic (exact) mass is 269 g/mol. The Kier molecular flexibility index (Phi) is 2.80. The fourth-order valence-corrected chi connectivity index (χ4v) is 3.04. The third-order valence-corrected chi connectivity index (χ3v) is 3.98. The van der Waals surface area contributed by atoms with Crippen LogP contribution in [0.25, 0.3) is 0 Å². The van der Waals surface area contributed by atoms with E-state index in [1.54, 1.807) is 0 Å². The number of piperidine rings is 1. The third-order valence-electron chi connectivity index (χ3n) is 3.98. The van der Waals surface area contributed by atoms with Crippen LogP contribution in [-0.4, -0.2) is 18.4 Å². The minimum Gasteiger partial charge on any atom is -0.367 e. The lowest BCUT2D eigenvalue weighted by Crippen LogP contribution is -2.44. The Morgan fingerprint density at radius 2 is 2.00 bits per heavy atom. The molecule has 0 amide bonds. The molecule has 0 spiro atoms. The van der Waals surface area contributed by atoms with Crippen LogP contribution in [0.1, 0.15) is 41.6 Å². The van der Waals surface area contributed by atoms with Crippen molar-refractivity contribution in [3.63, 3.8) is 0 Å². The minimum absolute atomic E-state index is 0.0353. The molecule has 1 fully saturated rings. The Labute approximate surface area is 109 Å². The molecule has 0 radical (unpaired) electrons. The van der Waals surface area contributed by atoms with E-state index >= 15 is 0 Å². The molecule has 2 aliphatic rings. The second kappa shape index (κ2) is 4.25. The molecule has 0 bridgehead atoms. The molecule has 1 aromatic rings. The van der Waals surface area contributed by atoms with E-state index in [0.717, 1.165) is 37.9 Å². The number of hydrogen-bond donors (Lipinski definition) is 0. The third kappa shape index (κ3) is 2.11. The highest BCUT2D eigenvalue weighted by Crippen LogP contribution is 2.39. The predicted molar refractivity (Wildman–Crippen MR) is 65.4 cm³/mol. The minimum atomic E-state index is -4.36. The van der Waals surface area contributed by atoms with Gasteiger partial charge in [0.1, 0.15) is 0 Å². The van der Waals surface area contributed by atoms with Crippen LogP contribution in [0.5, 0.6) is 0 Å². The molecule has 2 nitrogen and oxygen atoms in total. The Hall–Kier alpha value is -1.52. The van der Waals surface area contributed by atoms with Crippen LogP contribution >= 0.6 is 0 Å². The van der Waals surface area contributed by atoms with E-state index in [0.29, 0.717) is 17.7 Å². The number of benzene rings is 1. The first-order valence-electron chi connectivity index (χ1n) is 6.48. The number of halogens is 3. The quantitative estimate of drug-likeness (QED) is 0.716. The zero-order chi connectivity index (χ0) is 13.6. The molecule has 1 unspecified atom stereocenters. The van der Waals surface area contributed by atoms with E-state index in [1.807, 2.05) is 4.90 Å². The predicted octanol–water partition coefficient (Wildman–Crippen LogP) is 3.65. The van der Waals surface area contributed by atoms with Gasteiger partial charge in [-0.1, -0.05) is 0 Å². The van der Waals surface area contributed by atoms with Gasteiger partial charge in [-0.3, -0.25) is 4.79 Å². The summed E-state index contributed by atoms with van der Waals surface area (Å²) in [6, 6.07) is 3.54. The van der Waals surface area contributed by atoms with Crippen LogP contribution in [0.2, 0.25) is 0 Å². The number of carbonyl (C=O) groups is 1. The number of nitrogens with zero attached hydrogens (tertiary/aromatic N) is 1. The lowest BCUT2D eigenvalue weighted by molar-refractivity contribution is -0.137. The summed E-state index contributed by atoms with van der Waals surface area (Å²) in [5, 5.41) is 0. The second-order valence-electron chi connectivity index (χ2n) is 5.20. The summed E-state index contributed by atoms with van der Waals surface area (Å²) < 4.78 is 38.3. The van der Waals surface area contributed by atoms with Gasteiger partial charge in [0.05, 0.1) is 5.56 Å². The van der Waals surface area contributed by atoms with Gasteiger partial charge < -0.3 is 4.90 Å². The summed E-state index contributed by atoms with van der Waals surface area (Å²) in [6.07, 6.45) is -1.02. The molecule has 1 atom stereocenters. The first-order valence-corrected chi connectivity index (χ1v) is 6.48. The summed E-state index contributed by atoms with van der Waals surface area (Å²) in [6.45, 7) is 0.742. The lowest BCUT2D eigenvalue weighted by Gasteiger charge is -2.41. The van der Waals surface area contributed by atoms with Crippen molar-refractivity contribution >= 4 is 11.5 Å². The van der Waals surface area contributed by atoms with Crippen molar-refractivity contribution in [2.75, 3.05) is 11.4 Å². The largest absolute Gasteiger partial charge is 0.416 e. The molecular formula is C14H14F3NO. The van der Waals surface area contributed by atoms with Gasteiger partial charge in [-0.05, 0) is 37.5 Å². The number of ketones is 1. The number of Topliss-reactive ketones (excluding diaryl/α,β-unsaturated/α-hetero) is 1. The number of hydrogen-bond acceptors (Lipinski definition) is 2. The van der Waals surface area contributed by atoms with E-state index in [1.165, 1.54) is 6.07 Å². The van der Waals surface area contributed by atoms with Crippen molar-refractivity contribution in [2.45, 2.75) is 37.9 Å². The van der Waals surface area contributed by atoms with E-state index < -0.39 is 11.7 Å². The number of anilines is 1. The molecule has 102 valence electrons. The summed E-state index contributed by atoms with van der Waals surface area (Å²) >= 11 is 0. The normalized spacial score (nSPS) is 23.0. The first kappa shape index (κ1) is 12.5. The zero-order valence-electron chi connectivity index (χ0n) is 10.3. The van der Waals surface area contributed by atoms with Crippen LogP contribution in [-0.2, 0) is 6.18 Å². The summed E-state index contributed by atoms with van der Waals surface area (Å²) in [5.41, 5.74) is 0.229. The van der Waals surface area contributed by atoms with Gasteiger partial charge in [-0.2, -0.15) is 13.2 Å². The smallest absolute Gasteiger partial charge is 0.367 e. The average Bonchev–Trinajstić information content (AvgIpc) is 2.37. The Morgan fingerprint density at radius 3 is 2.74 bits per heavy atom. The van der Waals surface area contributed by atoms with E-state index in [-0.39, 0.29) is 11.8 Å². The molecule has 2 heterocycles. The van der Waals surface area contributed by atoms with E-state index in [9.17, 15) is 18.0 Å². The summed E-state index contributed by atoms with van der Waals surface area (Å²) in [5.74, 6) is -0.0353. The maximum Gasteiger partial charge on any atom is 0.416 e. The zero-order valence-corrected chi connectivity index (χ0v) is 10.3. The van der Waals surface area contributed by atoms with Crippen LogP contribution in [0.3, 0.4) is 0 Å². The fourth-order valence-electron chi connectivity index (χ4n) is 3.04. The van der Waals surface area contributed by atoms with Crippen molar-refractivity contribution < 1.29 is 18.0 Å². The Morgan fingerprint density at radius 1 is 1.21 bits per heavy atom. The van der Waals surface area contributed by atoms with Gasteiger partial charge in [-0.15, -0.1) is 0 Å². The van der Waals surface area contributed by atoms with Gasteiger partial charge in [0.25, 0.3) is 0 Å². The van der Waals surface area contributed by atoms with Gasteiger partial charge in [0, 0.05) is 30.3 Å². The number of fused-ring (bicyclic) bond motifs is 3. The highest BCUT2D eigenvalue weighted by atomic mass is 19.4. The maximum absolute atomic E-state index is 12.8. The maximum atomic E-state index is 12.8. The van der Waals surface area contributed by atoms with Crippen LogP contribution < -0.4 is 4.90 Å². The number of carbonyl (C=O) groups excluding carboxylic acids is 1. The van der Waals surface area contributed by atoms with Crippen molar-refractivity contribution in [3.8, 4) is 0 Å².